The highest BCUT2D eigenvalue weighted by Gasteiger charge is 2.46. The highest BCUT2D eigenvalue weighted by atomic mass is 16.5. The lowest BCUT2D eigenvalue weighted by atomic mass is 9.61. The molecule has 1 aliphatic carbocycles. The molecule has 57 heavy (non-hydrogen) atoms. The molecule has 1 saturated carbocycles. The van der Waals surface area contributed by atoms with E-state index in [0.717, 1.165) is 77.9 Å². The quantitative estimate of drug-likeness (QED) is 0.118. The Morgan fingerprint density at radius 1 is 0.877 bits per heavy atom. The normalized spacial score (nSPS) is 19.3. The van der Waals surface area contributed by atoms with E-state index in [-0.39, 0.29) is 35.5 Å². The summed E-state index contributed by atoms with van der Waals surface area (Å²) in [6.07, 6.45) is 6.55. The summed E-state index contributed by atoms with van der Waals surface area (Å²) in [5.41, 5.74) is 4.37. The number of nitrogens with one attached hydrogen (secondary N) is 2. The zero-order valence-corrected chi connectivity index (χ0v) is 32.3. The lowest BCUT2D eigenvalue weighted by Gasteiger charge is -2.50. The van der Waals surface area contributed by atoms with Crippen molar-refractivity contribution in [3.8, 4) is 11.5 Å². The second-order valence-corrected chi connectivity index (χ2v) is 16.2. The first-order valence-corrected chi connectivity index (χ1v) is 19.8. The molecule has 3 aromatic carbocycles. The zero-order valence-electron chi connectivity index (χ0n) is 32.3. The Bertz CT molecular complexity index is 2160. The number of benzene rings is 3. The number of aliphatic hydroxyl groups is 1. The number of amides is 4. The lowest BCUT2D eigenvalue weighted by molar-refractivity contribution is -0.136. The number of aromatic nitrogens is 2. The highest BCUT2D eigenvalue weighted by molar-refractivity contribution is 6.23. The van der Waals surface area contributed by atoms with Gasteiger partial charge >= 0.3 is 0 Å². The van der Waals surface area contributed by atoms with Crippen LogP contribution in [0.5, 0.6) is 11.5 Å². The van der Waals surface area contributed by atoms with Crippen LogP contribution in [0.1, 0.15) is 96.3 Å². The molecule has 4 aromatic rings. The van der Waals surface area contributed by atoms with Gasteiger partial charge in [0.1, 0.15) is 24.1 Å². The maximum atomic E-state index is 13.1. The Hall–Kier alpha value is -5.82. The summed E-state index contributed by atoms with van der Waals surface area (Å²) < 4.78 is 12.1. The first-order chi connectivity index (χ1) is 27.5. The molecular formula is C44H48N6O7. The van der Waals surface area contributed by atoms with Gasteiger partial charge in [-0.25, -0.2) is 9.97 Å². The van der Waals surface area contributed by atoms with Crippen molar-refractivity contribution in [3.63, 3.8) is 0 Å². The molecule has 1 atom stereocenters. The van der Waals surface area contributed by atoms with Crippen LogP contribution < -0.4 is 25.0 Å². The predicted molar refractivity (Wildman–Crippen MR) is 212 cm³/mol. The topological polar surface area (TPSA) is 163 Å². The first-order valence-electron chi connectivity index (χ1n) is 19.8. The number of carbonyl (C=O) groups is 4. The average Bonchev–Trinajstić information content (AvgIpc) is 3.45. The van der Waals surface area contributed by atoms with Crippen LogP contribution in [-0.2, 0) is 21.6 Å². The molecule has 13 heteroatoms. The van der Waals surface area contributed by atoms with Gasteiger partial charge in [-0.1, -0.05) is 38.1 Å². The molecule has 3 aliphatic heterocycles. The van der Waals surface area contributed by atoms with Crippen molar-refractivity contribution >= 4 is 35.3 Å². The smallest absolute Gasteiger partial charge is 0.262 e. The minimum Gasteiger partial charge on any atom is -0.494 e. The molecule has 4 aliphatic rings. The molecular weight excluding hydrogens is 725 g/mol. The number of hydrogen-bond donors (Lipinski definition) is 3. The van der Waals surface area contributed by atoms with Gasteiger partial charge in [0.25, 0.3) is 11.8 Å². The Balaban J connectivity index is 0.779. The van der Waals surface area contributed by atoms with Crippen molar-refractivity contribution in [2.75, 3.05) is 36.5 Å². The first kappa shape index (κ1) is 38.1. The van der Waals surface area contributed by atoms with Gasteiger partial charge in [0.2, 0.25) is 17.8 Å². The third-order valence-corrected chi connectivity index (χ3v) is 12.0. The molecule has 3 fully saturated rings. The van der Waals surface area contributed by atoms with Crippen molar-refractivity contribution in [1.29, 1.82) is 0 Å². The van der Waals surface area contributed by atoms with Gasteiger partial charge in [-0.15, -0.1) is 0 Å². The van der Waals surface area contributed by atoms with E-state index in [1.165, 1.54) is 0 Å². The van der Waals surface area contributed by atoms with Gasteiger partial charge in [-0.05, 0) is 104 Å². The maximum Gasteiger partial charge on any atom is 0.262 e. The fraction of sp³-hybridized carbons (Fsp3) is 0.409. The van der Waals surface area contributed by atoms with Gasteiger partial charge in [-0.3, -0.25) is 29.4 Å². The van der Waals surface area contributed by atoms with E-state index in [9.17, 15) is 24.3 Å². The van der Waals surface area contributed by atoms with Crippen molar-refractivity contribution in [2.45, 2.75) is 83.0 Å². The van der Waals surface area contributed by atoms with Crippen LogP contribution in [0, 0.1) is 5.41 Å². The minimum atomic E-state index is -0.990. The van der Waals surface area contributed by atoms with Crippen LogP contribution in [0.2, 0.25) is 0 Å². The van der Waals surface area contributed by atoms with Crippen LogP contribution in [0.3, 0.4) is 0 Å². The van der Waals surface area contributed by atoms with E-state index < -0.39 is 29.7 Å². The third-order valence-electron chi connectivity index (χ3n) is 12.0. The summed E-state index contributed by atoms with van der Waals surface area (Å²) in [4.78, 5) is 62.5. The fourth-order valence-corrected chi connectivity index (χ4v) is 8.48. The van der Waals surface area contributed by atoms with Gasteiger partial charge in [0, 0.05) is 43.4 Å². The summed E-state index contributed by atoms with van der Waals surface area (Å²) in [5, 5.41) is 15.3. The van der Waals surface area contributed by atoms with Crippen LogP contribution in [0.25, 0.3) is 0 Å². The fourth-order valence-electron chi connectivity index (χ4n) is 8.48. The Labute approximate surface area is 331 Å². The number of fused-ring (bicyclic) bond motifs is 1. The molecule has 0 bridgehead atoms. The second-order valence-electron chi connectivity index (χ2n) is 16.2. The number of piperidine rings is 2. The number of imide groups is 2. The van der Waals surface area contributed by atoms with Crippen molar-refractivity contribution in [3.05, 3.63) is 107 Å². The van der Waals surface area contributed by atoms with Crippen molar-refractivity contribution in [1.82, 2.24) is 20.2 Å². The van der Waals surface area contributed by atoms with E-state index in [1.807, 2.05) is 30.3 Å². The number of ether oxygens (including phenoxy) is 2. The van der Waals surface area contributed by atoms with Crippen molar-refractivity contribution < 1.29 is 33.8 Å². The molecule has 1 spiro atoms. The standard InChI is InChI=1S/C44H48N6O7/c1-43(2,29-6-11-34(12-7-29)57-27-31-16-20-46-42(47-31)49-21-17-44(18-22-49)25-32(51)26-44)28-4-9-33(10-5-28)56-23-3-19-45-30-8-13-35-36(24-30)41(55)50(40(35)54)37-14-15-38(52)48-39(37)53/h4-13,16,20,24,32,37,45,51H,3,14-15,17-19,21-23,25-27H2,1-2H3,(H,48,52,53). The van der Waals surface area contributed by atoms with E-state index in [2.05, 4.69) is 58.6 Å². The summed E-state index contributed by atoms with van der Waals surface area (Å²) >= 11 is 0. The molecule has 0 radical (unpaired) electrons. The second kappa shape index (κ2) is 15.6. The maximum absolute atomic E-state index is 13.1. The molecule has 4 heterocycles. The Morgan fingerprint density at radius 3 is 2.21 bits per heavy atom. The van der Waals surface area contributed by atoms with E-state index in [4.69, 9.17) is 14.5 Å². The van der Waals surface area contributed by atoms with Crippen LogP contribution >= 0.6 is 0 Å². The lowest BCUT2D eigenvalue weighted by Crippen LogP contribution is -2.54. The van der Waals surface area contributed by atoms with Crippen molar-refractivity contribution in [2.24, 2.45) is 5.41 Å². The molecule has 296 valence electrons. The van der Waals surface area contributed by atoms with E-state index in [0.29, 0.717) is 37.3 Å². The minimum absolute atomic E-state index is 0.0785. The van der Waals surface area contributed by atoms with Gasteiger partial charge in [0.15, 0.2) is 0 Å². The number of carbonyl (C=O) groups excluding carboxylic acids is 4. The Kier molecular flexibility index (Phi) is 10.4. The highest BCUT2D eigenvalue weighted by Crippen LogP contribution is 2.49. The SMILES string of the molecule is CC(C)(c1ccc(OCCCNc2ccc3c(c2)C(=O)N(C2CCC(=O)NC2=O)C3=O)cc1)c1ccc(OCc2ccnc(N3CCC4(CC3)CC(O)C4)n2)cc1. The van der Waals surface area contributed by atoms with Gasteiger partial charge in [-0.2, -0.15) is 0 Å². The summed E-state index contributed by atoms with van der Waals surface area (Å²) in [7, 11) is 0. The Morgan fingerprint density at radius 2 is 1.54 bits per heavy atom. The monoisotopic (exact) mass is 772 g/mol. The zero-order chi connectivity index (χ0) is 39.7. The number of nitrogens with zero attached hydrogens (tertiary/aromatic N) is 4. The van der Waals surface area contributed by atoms with E-state index >= 15 is 0 Å². The molecule has 1 aromatic heterocycles. The average molecular weight is 773 g/mol. The van der Waals surface area contributed by atoms with Gasteiger partial charge in [0.05, 0.1) is 29.5 Å². The molecule has 8 rings (SSSR count). The van der Waals surface area contributed by atoms with E-state index in [1.54, 1.807) is 24.4 Å². The molecule has 1 unspecified atom stereocenters. The molecule has 13 nitrogen and oxygen atoms in total. The largest absolute Gasteiger partial charge is 0.494 e. The third kappa shape index (κ3) is 7.93. The van der Waals surface area contributed by atoms with Gasteiger partial charge < -0.3 is 24.8 Å². The summed E-state index contributed by atoms with van der Waals surface area (Å²) in [5.74, 6) is 0.194. The summed E-state index contributed by atoms with van der Waals surface area (Å²) in [6, 6.07) is 22.2. The predicted octanol–water partition coefficient (Wildman–Crippen LogP) is 5.41. The number of aliphatic hydroxyl groups excluding tert-OH is 1. The molecule has 3 N–H and O–H groups in total. The number of rotatable bonds is 13. The molecule has 2 saturated heterocycles. The van der Waals surface area contributed by atoms with Crippen LogP contribution in [0.4, 0.5) is 11.6 Å². The number of anilines is 2. The number of hydrogen-bond acceptors (Lipinski definition) is 11. The van der Waals surface area contributed by atoms with Crippen LogP contribution in [0.15, 0.2) is 79.0 Å². The molecule has 4 amide bonds. The summed E-state index contributed by atoms with van der Waals surface area (Å²) in [6.45, 7) is 7.61. The van der Waals surface area contributed by atoms with Crippen LogP contribution in [-0.4, -0.2) is 82.0 Å².